The number of carbonyl (C=O) groups is 1. The number of nitrogens with two attached hydrogens (primary N) is 1. The molecule has 2 N–H and O–H groups in total. The highest BCUT2D eigenvalue weighted by Gasteiger charge is 2.44. The predicted octanol–water partition coefficient (Wildman–Crippen LogP) is 1.16. The molecule has 1 saturated heterocycles. The van der Waals surface area contributed by atoms with E-state index in [1.54, 1.807) is 23.6 Å². The van der Waals surface area contributed by atoms with Crippen molar-refractivity contribution in [3.63, 3.8) is 0 Å². The largest absolute Gasteiger partial charge is 0.463 e. The highest BCUT2D eigenvalue weighted by molar-refractivity contribution is 5.68. The Bertz CT molecular complexity index is 781. The molecule has 1 fully saturated rings. The molecule has 0 spiro atoms. The van der Waals surface area contributed by atoms with Gasteiger partial charge < -0.3 is 15.2 Å². The van der Waals surface area contributed by atoms with Crippen LogP contribution in [-0.4, -0.2) is 33.3 Å². The Morgan fingerprint density at radius 2 is 2.48 bits per heavy atom. The lowest BCUT2D eigenvalue weighted by molar-refractivity contribution is -0.148. The van der Waals surface area contributed by atoms with Crippen molar-refractivity contribution in [2.45, 2.75) is 37.9 Å². The van der Waals surface area contributed by atoms with Gasteiger partial charge in [-0.05, 0) is 25.0 Å². The standard InChI is InChI=1S/C15H17N5O3/c1-2-13(21)22-7-10-5-6-15(8-16,23-10)12-4-3-11-14(17)18-9-19-20(11)12/h3-4,9-10H,2,5-7H2,1H3,(H2,17,18,19). The van der Waals surface area contributed by atoms with Crippen molar-refractivity contribution in [3.8, 4) is 6.07 Å². The monoisotopic (exact) mass is 315 g/mol. The minimum absolute atomic E-state index is 0.149. The fourth-order valence-electron chi connectivity index (χ4n) is 2.76. The van der Waals surface area contributed by atoms with Crippen LogP contribution in [0.3, 0.4) is 0 Å². The highest BCUT2D eigenvalue weighted by atomic mass is 16.6. The van der Waals surface area contributed by atoms with Crippen molar-refractivity contribution >= 4 is 17.3 Å². The van der Waals surface area contributed by atoms with Gasteiger partial charge in [-0.25, -0.2) is 9.50 Å². The van der Waals surface area contributed by atoms with Gasteiger partial charge in [-0.1, -0.05) is 6.92 Å². The van der Waals surface area contributed by atoms with Crippen molar-refractivity contribution in [2.75, 3.05) is 12.3 Å². The zero-order chi connectivity index (χ0) is 16.4. The number of fused-ring (bicyclic) bond motifs is 1. The molecule has 2 aromatic heterocycles. The Labute approximate surface area is 132 Å². The molecule has 1 aliphatic heterocycles. The van der Waals surface area contributed by atoms with Gasteiger partial charge in [0.1, 0.15) is 24.5 Å². The van der Waals surface area contributed by atoms with E-state index in [1.807, 2.05) is 0 Å². The quantitative estimate of drug-likeness (QED) is 0.842. The number of nitrogens with zero attached hydrogens (tertiary/aromatic N) is 4. The van der Waals surface area contributed by atoms with Crippen LogP contribution >= 0.6 is 0 Å². The van der Waals surface area contributed by atoms with Gasteiger partial charge >= 0.3 is 5.97 Å². The van der Waals surface area contributed by atoms with Crippen LogP contribution in [0.1, 0.15) is 31.9 Å². The molecule has 0 amide bonds. The topological polar surface area (TPSA) is 116 Å². The number of rotatable bonds is 4. The highest BCUT2D eigenvalue weighted by Crippen LogP contribution is 2.39. The summed E-state index contributed by atoms with van der Waals surface area (Å²) in [5, 5.41) is 13.8. The molecule has 2 atom stereocenters. The van der Waals surface area contributed by atoms with Crippen molar-refractivity contribution in [3.05, 3.63) is 24.2 Å². The number of nitriles is 1. The summed E-state index contributed by atoms with van der Waals surface area (Å²) in [6.45, 7) is 1.88. The molecular weight excluding hydrogens is 298 g/mol. The molecule has 8 nitrogen and oxygen atoms in total. The Hall–Kier alpha value is -2.66. The Kier molecular flexibility index (Phi) is 3.88. The van der Waals surface area contributed by atoms with E-state index < -0.39 is 5.60 Å². The van der Waals surface area contributed by atoms with E-state index in [1.165, 1.54) is 6.33 Å². The summed E-state index contributed by atoms with van der Waals surface area (Å²) >= 11 is 0. The third-order valence-corrected chi connectivity index (χ3v) is 3.98. The van der Waals surface area contributed by atoms with Crippen molar-refractivity contribution in [1.82, 2.24) is 14.6 Å². The first-order valence-electron chi connectivity index (χ1n) is 7.43. The van der Waals surface area contributed by atoms with Crippen LogP contribution < -0.4 is 5.73 Å². The summed E-state index contributed by atoms with van der Waals surface area (Å²) in [6.07, 6.45) is 2.46. The van der Waals surface area contributed by atoms with Gasteiger partial charge in [0.05, 0.1) is 11.8 Å². The van der Waals surface area contributed by atoms with Crippen LogP contribution in [0.2, 0.25) is 0 Å². The maximum Gasteiger partial charge on any atom is 0.305 e. The van der Waals surface area contributed by atoms with Crippen molar-refractivity contribution in [1.29, 1.82) is 5.26 Å². The predicted molar refractivity (Wildman–Crippen MR) is 80.0 cm³/mol. The van der Waals surface area contributed by atoms with Crippen molar-refractivity contribution in [2.24, 2.45) is 0 Å². The van der Waals surface area contributed by atoms with Gasteiger partial charge in [0, 0.05) is 6.42 Å². The number of anilines is 1. The van der Waals surface area contributed by atoms with E-state index in [9.17, 15) is 10.1 Å². The number of hydrogen-bond donors (Lipinski definition) is 1. The Morgan fingerprint density at radius 1 is 1.65 bits per heavy atom. The van der Waals surface area contributed by atoms with Gasteiger partial charge in [0.25, 0.3) is 0 Å². The summed E-state index contributed by atoms with van der Waals surface area (Å²) in [5.74, 6) is 0.0578. The number of aromatic nitrogens is 3. The van der Waals surface area contributed by atoms with E-state index in [0.29, 0.717) is 36.3 Å². The SMILES string of the molecule is CCC(=O)OCC1CCC(C#N)(c2ccc3c(N)ncnn23)O1. The van der Waals surface area contributed by atoms with Gasteiger partial charge in [-0.3, -0.25) is 4.79 Å². The number of hydrogen-bond acceptors (Lipinski definition) is 7. The van der Waals surface area contributed by atoms with E-state index in [0.717, 1.165) is 0 Å². The molecule has 0 bridgehead atoms. The summed E-state index contributed by atoms with van der Waals surface area (Å²) in [4.78, 5) is 15.2. The lowest BCUT2D eigenvalue weighted by Crippen LogP contribution is -2.28. The van der Waals surface area contributed by atoms with Gasteiger partial charge in [-0.15, -0.1) is 0 Å². The molecule has 120 valence electrons. The maximum absolute atomic E-state index is 11.3. The third kappa shape index (κ3) is 2.59. The first kappa shape index (κ1) is 15.2. The molecule has 3 rings (SSSR count). The molecule has 1 aliphatic rings. The van der Waals surface area contributed by atoms with E-state index in [-0.39, 0.29) is 18.7 Å². The average Bonchev–Trinajstić information content (AvgIpc) is 3.18. The second-order valence-electron chi connectivity index (χ2n) is 5.41. The Morgan fingerprint density at radius 3 is 3.22 bits per heavy atom. The van der Waals surface area contributed by atoms with E-state index in [4.69, 9.17) is 15.2 Å². The number of esters is 1. The van der Waals surface area contributed by atoms with Crippen LogP contribution in [0, 0.1) is 11.3 Å². The zero-order valence-corrected chi connectivity index (χ0v) is 12.7. The van der Waals surface area contributed by atoms with Crippen LogP contribution in [0.25, 0.3) is 5.52 Å². The zero-order valence-electron chi connectivity index (χ0n) is 12.7. The molecule has 2 aromatic rings. The molecule has 0 radical (unpaired) electrons. The van der Waals surface area contributed by atoms with Gasteiger partial charge in [0.15, 0.2) is 11.4 Å². The van der Waals surface area contributed by atoms with E-state index in [2.05, 4.69) is 16.2 Å². The Balaban J connectivity index is 1.86. The summed E-state index contributed by atoms with van der Waals surface area (Å²) < 4.78 is 12.6. The lowest BCUT2D eigenvalue weighted by Gasteiger charge is -2.21. The summed E-state index contributed by atoms with van der Waals surface area (Å²) in [5.41, 5.74) is 5.93. The molecule has 0 aromatic carbocycles. The minimum atomic E-state index is -1.13. The summed E-state index contributed by atoms with van der Waals surface area (Å²) in [6, 6.07) is 5.77. The fraction of sp³-hybridized carbons (Fsp3) is 0.467. The maximum atomic E-state index is 11.3. The van der Waals surface area contributed by atoms with Gasteiger partial charge in [0.2, 0.25) is 0 Å². The second kappa shape index (κ2) is 5.85. The van der Waals surface area contributed by atoms with Crippen LogP contribution in [0.5, 0.6) is 0 Å². The van der Waals surface area contributed by atoms with Crippen molar-refractivity contribution < 1.29 is 14.3 Å². The van der Waals surface area contributed by atoms with E-state index >= 15 is 0 Å². The first-order valence-corrected chi connectivity index (χ1v) is 7.43. The third-order valence-electron chi connectivity index (χ3n) is 3.98. The smallest absolute Gasteiger partial charge is 0.305 e. The number of nitrogen functional groups attached to an aromatic ring is 1. The van der Waals surface area contributed by atoms with Gasteiger partial charge in [-0.2, -0.15) is 10.4 Å². The molecule has 8 heteroatoms. The normalized spacial score (nSPS) is 23.7. The molecular formula is C15H17N5O3. The van der Waals surface area contributed by atoms with Crippen LogP contribution in [-0.2, 0) is 19.9 Å². The second-order valence-corrected chi connectivity index (χ2v) is 5.41. The number of ether oxygens (including phenoxy) is 2. The molecule has 0 aliphatic carbocycles. The summed E-state index contributed by atoms with van der Waals surface area (Å²) in [7, 11) is 0. The lowest BCUT2D eigenvalue weighted by atomic mass is 9.98. The fourth-order valence-corrected chi connectivity index (χ4v) is 2.76. The molecule has 2 unspecified atom stereocenters. The molecule has 0 saturated carbocycles. The first-order chi connectivity index (χ1) is 11.1. The van der Waals surface area contributed by atoms with Crippen LogP contribution in [0.4, 0.5) is 5.82 Å². The average molecular weight is 315 g/mol. The molecule has 3 heterocycles. The number of carbonyl (C=O) groups excluding carboxylic acids is 1. The minimum Gasteiger partial charge on any atom is -0.463 e. The van der Waals surface area contributed by atoms with Crippen LogP contribution in [0.15, 0.2) is 18.5 Å². The molecule has 23 heavy (non-hydrogen) atoms.